The first-order valence-corrected chi connectivity index (χ1v) is 6.27. The van der Waals surface area contributed by atoms with E-state index in [1.54, 1.807) is 0 Å². The number of rotatable bonds is 4. The third kappa shape index (κ3) is 3.37. The highest BCUT2D eigenvalue weighted by Crippen LogP contribution is 2.24. The van der Waals surface area contributed by atoms with Crippen molar-refractivity contribution in [2.45, 2.75) is 38.8 Å². The molecule has 17 heavy (non-hydrogen) atoms. The first-order valence-electron chi connectivity index (χ1n) is 5.89. The second-order valence-electron chi connectivity index (χ2n) is 4.63. The van der Waals surface area contributed by atoms with Crippen molar-refractivity contribution in [1.29, 1.82) is 0 Å². The number of hydrogen-bond donors (Lipinski definition) is 2. The lowest BCUT2D eigenvalue weighted by atomic mass is 10.2. The largest absolute Gasteiger partial charge is 0.373 e. The van der Waals surface area contributed by atoms with E-state index in [-0.39, 0.29) is 11.9 Å². The number of hydrogen-bond acceptors (Lipinski definition) is 2. The molecule has 1 atom stereocenters. The minimum Gasteiger partial charge on any atom is -0.373 e. The quantitative estimate of drug-likeness (QED) is 0.865. The summed E-state index contributed by atoms with van der Waals surface area (Å²) in [5, 5.41) is 6.74. The van der Waals surface area contributed by atoms with Gasteiger partial charge in [0.1, 0.15) is 6.04 Å². The summed E-state index contributed by atoms with van der Waals surface area (Å²) in [7, 11) is 0. The van der Waals surface area contributed by atoms with Crippen LogP contribution in [0.25, 0.3) is 0 Å². The van der Waals surface area contributed by atoms with Crippen molar-refractivity contribution in [3.8, 4) is 0 Å². The summed E-state index contributed by atoms with van der Waals surface area (Å²) in [6.07, 6.45) is 2.20. The molecule has 92 valence electrons. The first kappa shape index (κ1) is 12.2. The van der Waals surface area contributed by atoms with Gasteiger partial charge in [0, 0.05) is 6.04 Å². The van der Waals surface area contributed by atoms with Crippen LogP contribution in [0.5, 0.6) is 0 Å². The molecule has 1 aliphatic rings. The van der Waals surface area contributed by atoms with E-state index in [1.165, 1.54) is 0 Å². The molecule has 0 radical (unpaired) electrons. The minimum atomic E-state index is -0.269. The van der Waals surface area contributed by atoms with Crippen LogP contribution in [0.1, 0.15) is 25.3 Å². The van der Waals surface area contributed by atoms with Gasteiger partial charge in [-0.15, -0.1) is 0 Å². The Bertz CT molecular complexity index is 429. The number of carbonyl (C=O) groups excluding carboxylic acids is 1. The summed E-state index contributed by atoms with van der Waals surface area (Å²) in [5.74, 6) is 0.0325. The fourth-order valence-electron chi connectivity index (χ4n) is 1.60. The van der Waals surface area contributed by atoms with Gasteiger partial charge in [-0.1, -0.05) is 17.7 Å². The van der Waals surface area contributed by atoms with E-state index < -0.39 is 0 Å². The van der Waals surface area contributed by atoms with Gasteiger partial charge in [-0.25, -0.2) is 0 Å². The van der Waals surface area contributed by atoms with E-state index in [0.717, 1.165) is 24.1 Å². The van der Waals surface area contributed by atoms with Crippen LogP contribution in [-0.4, -0.2) is 18.0 Å². The van der Waals surface area contributed by atoms with Crippen LogP contribution in [0.3, 0.4) is 0 Å². The molecule has 1 fully saturated rings. The van der Waals surface area contributed by atoms with Gasteiger partial charge in [-0.3, -0.25) is 4.79 Å². The number of amides is 1. The normalized spacial score (nSPS) is 16.4. The molecule has 0 bridgehead atoms. The SMILES string of the molecule is Cc1ccc(Cl)c(NC(C)C(=O)NC2CC2)c1. The standard InChI is InChI=1S/C13H17ClN2O/c1-8-3-6-11(14)12(7-8)15-9(2)13(17)16-10-4-5-10/h3,6-7,9-10,15H,4-5H2,1-2H3,(H,16,17). The molecule has 2 N–H and O–H groups in total. The second-order valence-corrected chi connectivity index (χ2v) is 5.04. The highest BCUT2D eigenvalue weighted by Gasteiger charge is 2.25. The topological polar surface area (TPSA) is 41.1 Å². The lowest BCUT2D eigenvalue weighted by Crippen LogP contribution is -2.38. The summed E-state index contributed by atoms with van der Waals surface area (Å²) >= 11 is 6.07. The molecule has 0 heterocycles. The van der Waals surface area contributed by atoms with E-state index in [9.17, 15) is 4.79 Å². The van der Waals surface area contributed by atoms with Gasteiger partial charge in [-0.05, 0) is 44.4 Å². The average Bonchev–Trinajstić information content (AvgIpc) is 3.07. The monoisotopic (exact) mass is 252 g/mol. The van der Waals surface area contributed by atoms with Crippen molar-refractivity contribution in [1.82, 2.24) is 5.32 Å². The maximum Gasteiger partial charge on any atom is 0.242 e. The zero-order valence-electron chi connectivity index (χ0n) is 10.1. The van der Waals surface area contributed by atoms with Crippen LogP contribution in [0.4, 0.5) is 5.69 Å². The van der Waals surface area contributed by atoms with Gasteiger partial charge in [0.25, 0.3) is 0 Å². The molecular weight excluding hydrogens is 236 g/mol. The molecule has 1 aromatic rings. The van der Waals surface area contributed by atoms with Crippen molar-refractivity contribution in [3.05, 3.63) is 28.8 Å². The number of carbonyl (C=O) groups is 1. The van der Waals surface area contributed by atoms with E-state index in [0.29, 0.717) is 11.1 Å². The first-order chi connectivity index (χ1) is 8.06. The summed E-state index contributed by atoms with van der Waals surface area (Å²) in [6.45, 7) is 3.84. The zero-order chi connectivity index (χ0) is 12.4. The number of halogens is 1. The fourth-order valence-corrected chi connectivity index (χ4v) is 1.77. The van der Waals surface area contributed by atoms with Gasteiger partial charge in [-0.2, -0.15) is 0 Å². The van der Waals surface area contributed by atoms with Gasteiger partial charge in [0.15, 0.2) is 0 Å². The summed E-state index contributed by atoms with van der Waals surface area (Å²) in [6, 6.07) is 5.85. The molecule has 0 aliphatic heterocycles. The highest BCUT2D eigenvalue weighted by atomic mass is 35.5. The van der Waals surface area contributed by atoms with Gasteiger partial charge >= 0.3 is 0 Å². The minimum absolute atomic E-state index is 0.0325. The summed E-state index contributed by atoms with van der Waals surface area (Å²) in [5.41, 5.74) is 1.93. The van der Waals surface area contributed by atoms with Crippen molar-refractivity contribution in [2.75, 3.05) is 5.32 Å². The molecule has 1 saturated carbocycles. The Morgan fingerprint density at radius 1 is 1.47 bits per heavy atom. The maximum atomic E-state index is 11.8. The molecular formula is C13H17ClN2O. The Hall–Kier alpha value is -1.22. The third-order valence-corrected chi connectivity index (χ3v) is 3.14. The van der Waals surface area contributed by atoms with Crippen molar-refractivity contribution in [3.63, 3.8) is 0 Å². The Morgan fingerprint density at radius 2 is 2.18 bits per heavy atom. The van der Waals surface area contributed by atoms with Gasteiger partial charge in [0.2, 0.25) is 5.91 Å². The van der Waals surface area contributed by atoms with Crippen molar-refractivity contribution >= 4 is 23.2 Å². The third-order valence-electron chi connectivity index (χ3n) is 2.81. The average molecular weight is 253 g/mol. The molecule has 0 saturated heterocycles. The maximum absolute atomic E-state index is 11.8. The molecule has 0 aromatic heterocycles. The Morgan fingerprint density at radius 3 is 2.82 bits per heavy atom. The summed E-state index contributed by atoms with van der Waals surface area (Å²) in [4.78, 5) is 11.8. The number of nitrogens with one attached hydrogen (secondary N) is 2. The fraction of sp³-hybridized carbons (Fsp3) is 0.462. The van der Waals surface area contributed by atoms with E-state index in [4.69, 9.17) is 11.6 Å². The second kappa shape index (κ2) is 4.96. The lowest BCUT2D eigenvalue weighted by Gasteiger charge is -2.16. The molecule has 4 heteroatoms. The van der Waals surface area contributed by atoms with Crippen LogP contribution >= 0.6 is 11.6 Å². The zero-order valence-corrected chi connectivity index (χ0v) is 10.8. The molecule has 3 nitrogen and oxygen atoms in total. The Balaban J connectivity index is 1.98. The van der Waals surface area contributed by atoms with Crippen LogP contribution in [0, 0.1) is 6.92 Å². The number of aryl methyl sites for hydroxylation is 1. The highest BCUT2D eigenvalue weighted by molar-refractivity contribution is 6.33. The molecule has 2 rings (SSSR count). The van der Waals surface area contributed by atoms with Crippen LogP contribution in [0.15, 0.2) is 18.2 Å². The predicted molar refractivity (Wildman–Crippen MR) is 70.4 cm³/mol. The number of anilines is 1. The smallest absolute Gasteiger partial charge is 0.242 e. The Labute approximate surface area is 107 Å². The van der Waals surface area contributed by atoms with E-state index in [2.05, 4.69) is 10.6 Å². The van der Waals surface area contributed by atoms with Crippen LogP contribution < -0.4 is 10.6 Å². The van der Waals surface area contributed by atoms with Crippen molar-refractivity contribution in [2.24, 2.45) is 0 Å². The Kier molecular flexibility index (Phi) is 3.57. The van der Waals surface area contributed by atoms with Gasteiger partial charge < -0.3 is 10.6 Å². The molecule has 1 aromatic carbocycles. The van der Waals surface area contributed by atoms with E-state index >= 15 is 0 Å². The molecule has 1 amide bonds. The number of benzene rings is 1. The molecule has 1 unspecified atom stereocenters. The summed E-state index contributed by atoms with van der Waals surface area (Å²) < 4.78 is 0. The van der Waals surface area contributed by atoms with E-state index in [1.807, 2.05) is 32.0 Å². The molecule has 0 spiro atoms. The lowest BCUT2D eigenvalue weighted by molar-refractivity contribution is -0.121. The predicted octanol–water partition coefficient (Wildman–Crippen LogP) is 2.73. The molecule has 1 aliphatic carbocycles. The van der Waals surface area contributed by atoms with Crippen LogP contribution in [0.2, 0.25) is 5.02 Å². The van der Waals surface area contributed by atoms with Crippen LogP contribution in [-0.2, 0) is 4.79 Å². The van der Waals surface area contributed by atoms with Gasteiger partial charge in [0.05, 0.1) is 10.7 Å². The van der Waals surface area contributed by atoms with Crippen molar-refractivity contribution < 1.29 is 4.79 Å².